The largest absolute Gasteiger partial charge is 0.347 e. The molecule has 3 rings (SSSR count). The van der Waals surface area contributed by atoms with Crippen LogP contribution in [0.3, 0.4) is 0 Å². The summed E-state index contributed by atoms with van der Waals surface area (Å²) < 4.78 is 57.3. The van der Waals surface area contributed by atoms with E-state index in [0.29, 0.717) is 23.0 Å². The molecule has 1 aromatic heterocycles. The molecule has 0 unspecified atom stereocenters. The van der Waals surface area contributed by atoms with E-state index in [1.165, 1.54) is 18.2 Å². The number of sulfonamides is 1. The van der Waals surface area contributed by atoms with E-state index in [-0.39, 0.29) is 16.8 Å². The van der Waals surface area contributed by atoms with Crippen molar-refractivity contribution in [3.8, 4) is 0 Å². The van der Waals surface area contributed by atoms with Crippen molar-refractivity contribution in [1.29, 1.82) is 0 Å². The van der Waals surface area contributed by atoms with E-state index < -0.39 is 20.1 Å². The number of aromatic nitrogens is 3. The van der Waals surface area contributed by atoms with Crippen LogP contribution in [0.25, 0.3) is 0 Å². The van der Waals surface area contributed by atoms with Crippen molar-refractivity contribution in [2.45, 2.75) is 4.90 Å². The van der Waals surface area contributed by atoms with Gasteiger partial charge < -0.3 is 15.5 Å². The molecule has 0 saturated carbocycles. The molecular formula is C18H21N7O5S2. The molecule has 0 spiro atoms. The molecule has 12 nitrogen and oxygen atoms in total. The van der Waals surface area contributed by atoms with Crippen LogP contribution in [0.2, 0.25) is 0 Å². The summed E-state index contributed by atoms with van der Waals surface area (Å²) in [5.74, 6) is 0.582. The lowest BCUT2D eigenvalue weighted by molar-refractivity contribution is 0.483. The van der Waals surface area contributed by atoms with Gasteiger partial charge in [0.05, 0.1) is 16.8 Å². The molecule has 0 saturated heterocycles. The molecule has 0 fully saturated rings. The van der Waals surface area contributed by atoms with Crippen molar-refractivity contribution in [3.63, 3.8) is 0 Å². The minimum atomic E-state index is -4.37. The Kier molecular flexibility index (Phi) is 6.47. The lowest BCUT2D eigenvalue weighted by Gasteiger charge is -2.15. The predicted octanol–water partition coefficient (Wildman–Crippen LogP) is 2.04. The quantitative estimate of drug-likeness (QED) is 0.349. The van der Waals surface area contributed by atoms with Gasteiger partial charge in [-0.15, -0.1) is 0 Å². The highest BCUT2D eigenvalue weighted by Crippen LogP contribution is 2.23. The minimum absolute atomic E-state index is 0.115. The van der Waals surface area contributed by atoms with Crippen LogP contribution in [0.15, 0.2) is 53.4 Å². The van der Waals surface area contributed by atoms with Gasteiger partial charge in [-0.2, -0.15) is 23.4 Å². The van der Waals surface area contributed by atoms with E-state index in [0.717, 1.165) is 6.26 Å². The second kappa shape index (κ2) is 8.94. The average molecular weight is 480 g/mol. The van der Waals surface area contributed by atoms with E-state index in [9.17, 15) is 21.4 Å². The molecule has 0 atom stereocenters. The van der Waals surface area contributed by atoms with Crippen molar-refractivity contribution >= 4 is 55.0 Å². The Morgan fingerprint density at radius 2 is 1.34 bits per heavy atom. The van der Waals surface area contributed by atoms with E-state index in [2.05, 4.69) is 30.3 Å². The molecule has 32 heavy (non-hydrogen) atoms. The van der Waals surface area contributed by atoms with Gasteiger partial charge in [-0.3, -0.25) is 9.27 Å². The number of hydrogen-bond acceptors (Lipinski definition) is 10. The molecule has 0 amide bonds. The number of anilines is 6. The average Bonchev–Trinajstić information content (AvgIpc) is 2.66. The SMILES string of the molecule is CN(C)c1nc(Nc2cccc(NS(C)(=O)=O)c2)nc(Nc2cccc(S(=O)(=O)O)c2)n1. The molecule has 2 aromatic carbocycles. The zero-order valence-corrected chi connectivity index (χ0v) is 18.9. The molecule has 3 aromatic rings. The third kappa shape index (κ3) is 6.50. The van der Waals surface area contributed by atoms with Crippen LogP contribution >= 0.6 is 0 Å². The highest BCUT2D eigenvalue weighted by molar-refractivity contribution is 7.92. The number of hydrogen-bond donors (Lipinski definition) is 4. The monoisotopic (exact) mass is 479 g/mol. The smallest absolute Gasteiger partial charge is 0.294 e. The summed E-state index contributed by atoms with van der Waals surface area (Å²) in [6, 6.07) is 12.1. The number of rotatable bonds is 8. The number of nitrogens with zero attached hydrogens (tertiary/aromatic N) is 4. The van der Waals surface area contributed by atoms with Crippen LogP contribution in [0.5, 0.6) is 0 Å². The van der Waals surface area contributed by atoms with E-state index in [1.807, 2.05) is 0 Å². The van der Waals surface area contributed by atoms with Gasteiger partial charge in [0.1, 0.15) is 0 Å². The molecule has 4 N–H and O–H groups in total. The Morgan fingerprint density at radius 3 is 1.88 bits per heavy atom. The lowest BCUT2D eigenvalue weighted by atomic mass is 10.3. The maximum Gasteiger partial charge on any atom is 0.294 e. The summed E-state index contributed by atoms with van der Waals surface area (Å²) in [5, 5.41) is 5.87. The Labute approximate surface area is 185 Å². The standard InChI is InChI=1S/C18H21N7O5S2/c1-25(2)18-22-16(19-12-6-4-8-14(10-12)24-31(3,26)27)21-17(23-18)20-13-7-5-9-15(11-13)32(28,29)30/h4-11,24H,1-3H3,(H,28,29,30)(H2,19,20,21,22,23). The summed E-state index contributed by atoms with van der Waals surface area (Å²) in [7, 11) is -4.33. The molecule has 0 aliphatic rings. The predicted molar refractivity (Wildman–Crippen MR) is 122 cm³/mol. The molecule has 14 heteroatoms. The maximum atomic E-state index is 11.5. The Bertz CT molecular complexity index is 1350. The highest BCUT2D eigenvalue weighted by atomic mass is 32.2. The van der Waals surface area contributed by atoms with Gasteiger partial charge in [0, 0.05) is 25.5 Å². The highest BCUT2D eigenvalue weighted by Gasteiger charge is 2.13. The topological polar surface area (TPSA) is 167 Å². The third-order valence-electron chi connectivity index (χ3n) is 3.83. The first kappa shape index (κ1) is 23.2. The summed E-state index contributed by atoms with van der Waals surface area (Å²) in [6.45, 7) is 0. The first-order valence-corrected chi connectivity index (χ1v) is 12.3. The number of nitrogens with one attached hydrogen (secondary N) is 3. The van der Waals surface area contributed by atoms with Crippen molar-refractivity contribution in [2.75, 3.05) is 40.6 Å². The fraction of sp³-hybridized carbons (Fsp3) is 0.167. The van der Waals surface area contributed by atoms with Crippen LogP contribution in [-0.4, -0.2) is 56.7 Å². The normalized spacial score (nSPS) is 11.6. The first-order valence-electron chi connectivity index (χ1n) is 9.02. The first-order chi connectivity index (χ1) is 14.9. The van der Waals surface area contributed by atoms with Gasteiger partial charge in [-0.25, -0.2) is 8.42 Å². The van der Waals surface area contributed by atoms with E-state index in [4.69, 9.17) is 0 Å². The van der Waals surface area contributed by atoms with Crippen molar-refractivity contribution in [3.05, 3.63) is 48.5 Å². The van der Waals surface area contributed by atoms with Gasteiger partial charge in [0.2, 0.25) is 27.9 Å². The fourth-order valence-corrected chi connectivity index (χ4v) is 3.63. The van der Waals surface area contributed by atoms with Crippen LogP contribution in [-0.2, 0) is 20.1 Å². The van der Waals surface area contributed by atoms with Crippen molar-refractivity contribution in [1.82, 2.24) is 15.0 Å². The van der Waals surface area contributed by atoms with Crippen LogP contribution in [0.1, 0.15) is 0 Å². The fourth-order valence-electron chi connectivity index (χ4n) is 2.54. The van der Waals surface area contributed by atoms with Gasteiger partial charge in [-0.1, -0.05) is 12.1 Å². The Balaban J connectivity index is 1.91. The molecule has 0 aliphatic carbocycles. The second-order valence-electron chi connectivity index (χ2n) is 6.88. The van der Waals surface area contributed by atoms with Crippen LogP contribution in [0.4, 0.5) is 34.9 Å². The third-order valence-corrected chi connectivity index (χ3v) is 5.29. The molecule has 1 heterocycles. The molecule has 0 radical (unpaired) electrons. The Morgan fingerprint density at radius 1 is 0.812 bits per heavy atom. The summed E-state index contributed by atoms with van der Waals surface area (Å²) >= 11 is 0. The van der Waals surface area contributed by atoms with Gasteiger partial charge in [0.15, 0.2) is 0 Å². The lowest BCUT2D eigenvalue weighted by Crippen LogP contribution is -2.16. The summed E-state index contributed by atoms with van der Waals surface area (Å²) in [6.07, 6.45) is 1.05. The Hall–Kier alpha value is -3.49. The van der Waals surface area contributed by atoms with Crippen molar-refractivity contribution < 1.29 is 21.4 Å². The zero-order valence-electron chi connectivity index (χ0n) is 17.3. The van der Waals surface area contributed by atoms with Crippen molar-refractivity contribution in [2.24, 2.45) is 0 Å². The van der Waals surface area contributed by atoms with Gasteiger partial charge >= 0.3 is 0 Å². The van der Waals surface area contributed by atoms with E-state index in [1.54, 1.807) is 49.3 Å². The van der Waals surface area contributed by atoms with Crippen LogP contribution < -0.4 is 20.3 Å². The molecule has 0 bridgehead atoms. The maximum absolute atomic E-state index is 11.5. The van der Waals surface area contributed by atoms with Gasteiger partial charge in [-0.05, 0) is 36.4 Å². The zero-order chi connectivity index (χ0) is 23.5. The minimum Gasteiger partial charge on any atom is -0.347 e. The summed E-state index contributed by atoms with van der Waals surface area (Å²) in [5.41, 5.74) is 1.22. The summed E-state index contributed by atoms with van der Waals surface area (Å²) in [4.78, 5) is 14.2. The second-order valence-corrected chi connectivity index (χ2v) is 10.1. The molecule has 170 valence electrons. The number of benzene rings is 2. The molecular weight excluding hydrogens is 458 g/mol. The van der Waals surface area contributed by atoms with Gasteiger partial charge in [0.25, 0.3) is 10.1 Å². The van der Waals surface area contributed by atoms with Crippen LogP contribution in [0, 0.1) is 0 Å². The van der Waals surface area contributed by atoms with E-state index >= 15 is 0 Å². The molecule has 0 aliphatic heterocycles.